The fraction of sp³-hybridized carbons (Fsp3) is 0.263. The van der Waals surface area contributed by atoms with Gasteiger partial charge in [0.25, 0.3) is 0 Å². The molecule has 0 bridgehead atoms. The van der Waals surface area contributed by atoms with Crippen LogP contribution in [-0.4, -0.2) is 0 Å². The molecule has 0 saturated carbocycles. The molecule has 1 atom stereocenters. The lowest BCUT2D eigenvalue weighted by molar-refractivity contribution is 0.874. The SMILES string of the molecule is CC1C=C2CCC=CC2=c2ccc3c(c21)CC=CC=3. The number of benzene rings is 1. The van der Waals surface area contributed by atoms with Crippen LogP contribution in [0.15, 0.2) is 48.1 Å². The smallest absolute Gasteiger partial charge is 0.000482 e. The number of allylic oxidation sites excluding steroid dienone is 6. The van der Waals surface area contributed by atoms with Crippen LogP contribution < -0.4 is 10.4 Å². The maximum absolute atomic E-state index is 2.49. The molecule has 0 saturated heterocycles. The molecule has 0 nitrogen and oxygen atoms in total. The van der Waals surface area contributed by atoms with E-state index in [0.717, 1.165) is 6.42 Å². The lowest BCUT2D eigenvalue weighted by Crippen LogP contribution is -2.28. The highest BCUT2D eigenvalue weighted by Gasteiger charge is 2.21. The van der Waals surface area contributed by atoms with Crippen molar-refractivity contribution in [3.63, 3.8) is 0 Å². The Balaban J connectivity index is 2.12. The van der Waals surface area contributed by atoms with Crippen LogP contribution in [-0.2, 0) is 6.42 Å². The zero-order chi connectivity index (χ0) is 12.8. The predicted octanol–water partition coefficient (Wildman–Crippen LogP) is 3.12. The third-order valence-corrected chi connectivity index (χ3v) is 4.53. The van der Waals surface area contributed by atoms with E-state index in [1.54, 1.807) is 11.1 Å². The van der Waals surface area contributed by atoms with E-state index in [2.05, 4.69) is 55.5 Å². The maximum Gasteiger partial charge on any atom is 0.000482 e. The van der Waals surface area contributed by atoms with Crippen molar-refractivity contribution in [1.29, 1.82) is 0 Å². The maximum atomic E-state index is 2.49. The fourth-order valence-corrected chi connectivity index (χ4v) is 3.68. The number of rotatable bonds is 0. The molecule has 4 rings (SSSR count). The Kier molecular flexibility index (Phi) is 2.38. The number of hydrogen-bond acceptors (Lipinski definition) is 0. The molecule has 3 aliphatic carbocycles. The molecular formula is C19H18. The highest BCUT2D eigenvalue weighted by Crippen LogP contribution is 2.32. The van der Waals surface area contributed by atoms with Gasteiger partial charge in [-0.05, 0) is 52.0 Å². The molecule has 19 heavy (non-hydrogen) atoms. The lowest BCUT2D eigenvalue weighted by Gasteiger charge is -2.25. The molecule has 0 fully saturated rings. The molecule has 0 spiro atoms. The summed E-state index contributed by atoms with van der Waals surface area (Å²) >= 11 is 0. The van der Waals surface area contributed by atoms with Crippen molar-refractivity contribution in [2.45, 2.75) is 32.1 Å². The molecule has 0 N–H and O–H groups in total. The zero-order valence-electron chi connectivity index (χ0n) is 11.3. The first-order valence-corrected chi connectivity index (χ1v) is 7.25. The normalized spacial score (nSPS) is 23.1. The molecule has 0 aromatic heterocycles. The Morgan fingerprint density at radius 3 is 3.05 bits per heavy atom. The first-order chi connectivity index (χ1) is 9.34. The van der Waals surface area contributed by atoms with E-state index in [1.807, 2.05) is 0 Å². The van der Waals surface area contributed by atoms with Gasteiger partial charge in [0.1, 0.15) is 0 Å². The van der Waals surface area contributed by atoms with Gasteiger partial charge in [-0.15, -0.1) is 0 Å². The van der Waals surface area contributed by atoms with Gasteiger partial charge in [-0.2, -0.15) is 0 Å². The van der Waals surface area contributed by atoms with Gasteiger partial charge in [0.05, 0.1) is 0 Å². The van der Waals surface area contributed by atoms with Crippen LogP contribution in [0.1, 0.15) is 36.8 Å². The quantitative estimate of drug-likeness (QED) is 0.660. The van der Waals surface area contributed by atoms with E-state index in [4.69, 9.17) is 0 Å². The molecule has 0 heteroatoms. The largest absolute Gasteiger partial charge is 0.0836 e. The lowest BCUT2D eigenvalue weighted by atomic mass is 9.79. The summed E-state index contributed by atoms with van der Waals surface area (Å²) in [5.74, 6) is 0.551. The van der Waals surface area contributed by atoms with Crippen molar-refractivity contribution >= 4 is 11.6 Å². The second-order valence-electron chi connectivity index (χ2n) is 5.73. The zero-order valence-corrected chi connectivity index (χ0v) is 11.3. The molecule has 0 radical (unpaired) electrons. The first-order valence-electron chi connectivity index (χ1n) is 7.25. The third-order valence-electron chi connectivity index (χ3n) is 4.53. The average Bonchev–Trinajstić information content (AvgIpc) is 2.46. The van der Waals surface area contributed by atoms with Crippen molar-refractivity contribution in [2.24, 2.45) is 0 Å². The van der Waals surface area contributed by atoms with Crippen LogP contribution >= 0.6 is 0 Å². The van der Waals surface area contributed by atoms with Gasteiger partial charge in [0.2, 0.25) is 0 Å². The van der Waals surface area contributed by atoms with Crippen LogP contribution in [0, 0.1) is 0 Å². The monoisotopic (exact) mass is 246 g/mol. The van der Waals surface area contributed by atoms with E-state index >= 15 is 0 Å². The summed E-state index contributed by atoms with van der Waals surface area (Å²) in [6.45, 7) is 2.35. The van der Waals surface area contributed by atoms with Crippen LogP contribution in [0.5, 0.6) is 0 Å². The summed E-state index contributed by atoms with van der Waals surface area (Å²) in [4.78, 5) is 0. The standard InChI is InChI=1S/C19H18/c1-13-12-15-7-3-4-8-16(15)18-11-10-14-6-2-5-9-17(14)19(13)18/h2,4-6,8,10-13H,3,7,9H2,1H3. The van der Waals surface area contributed by atoms with Gasteiger partial charge in [-0.1, -0.05) is 55.5 Å². The summed E-state index contributed by atoms with van der Waals surface area (Å²) < 4.78 is 0. The van der Waals surface area contributed by atoms with Crippen molar-refractivity contribution < 1.29 is 0 Å². The molecule has 3 aliphatic rings. The first kappa shape index (κ1) is 11.0. The molecule has 1 aromatic rings. The van der Waals surface area contributed by atoms with Crippen molar-refractivity contribution in [1.82, 2.24) is 0 Å². The minimum Gasteiger partial charge on any atom is -0.0836 e. The Bertz CT molecular complexity index is 754. The van der Waals surface area contributed by atoms with Gasteiger partial charge in [-0.25, -0.2) is 0 Å². The Labute approximate surface area is 114 Å². The van der Waals surface area contributed by atoms with Gasteiger partial charge >= 0.3 is 0 Å². The van der Waals surface area contributed by atoms with Crippen LogP contribution in [0.25, 0.3) is 11.6 Å². The van der Waals surface area contributed by atoms with Gasteiger partial charge in [0, 0.05) is 5.92 Å². The molecular weight excluding hydrogens is 228 g/mol. The predicted molar refractivity (Wildman–Crippen MR) is 81.3 cm³/mol. The van der Waals surface area contributed by atoms with Crippen LogP contribution in [0.3, 0.4) is 0 Å². The van der Waals surface area contributed by atoms with E-state index in [0.29, 0.717) is 5.92 Å². The molecule has 1 aromatic carbocycles. The van der Waals surface area contributed by atoms with E-state index in [9.17, 15) is 0 Å². The third kappa shape index (κ3) is 1.59. The minimum absolute atomic E-state index is 0.551. The second kappa shape index (κ2) is 4.09. The highest BCUT2D eigenvalue weighted by atomic mass is 14.2. The molecule has 94 valence electrons. The van der Waals surface area contributed by atoms with Crippen molar-refractivity contribution in [3.8, 4) is 0 Å². The summed E-state index contributed by atoms with van der Waals surface area (Å²) in [7, 11) is 0. The summed E-state index contributed by atoms with van der Waals surface area (Å²) in [5.41, 5.74) is 6.12. The topological polar surface area (TPSA) is 0 Å². The van der Waals surface area contributed by atoms with Crippen LogP contribution in [0.2, 0.25) is 0 Å². The molecule has 0 amide bonds. The number of fused-ring (bicyclic) bond motifs is 4. The Morgan fingerprint density at radius 1 is 1.16 bits per heavy atom. The van der Waals surface area contributed by atoms with Crippen molar-refractivity contribution in [2.75, 3.05) is 0 Å². The molecule has 0 aliphatic heterocycles. The van der Waals surface area contributed by atoms with E-state index in [-0.39, 0.29) is 0 Å². The number of hydrogen-bond donors (Lipinski definition) is 0. The average molecular weight is 246 g/mol. The van der Waals surface area contributed by atoms with Gasteiger partial charge in [0.15, 0.2) is 0 Å². The Hall–Kier alpha value is -1.82. The van der Waals surface area contributed by atoms with Crippen molar-refractivity contribution in [3.05, 3.63) is 69.7 Å². The fourth-order valence-electron chi connectivity index (χ4n) is 3.68. The summed E-state index contributed by atoms with van der Waals surface area (Å²) in [6, 6.07) is 4.63. The Morgan fingerprint density at radius 2 is 2.11 bits per heavy atom. The van der Waals surface area contributed by atoms with E-state index in [1.165, 1.54) is 34.4 Å². The van der Waals surface area contributed by atoms with Gasteiger partial charge in [-0.3, -0.25) is 0 Å². The highest BCUT2D eigenvalue weighted by molar-refractivity contribution is 5.77. The van der Waals surface area contributed by atoms with Crippen LogP contribution in [0.4, 0.5) is 0 Å². The van der Waals surface area contributed by atoms with Gasteiger partial charge < -0.3 is 0 Å². The summed E-state index contributed by atoms with van der Waals surface area (Å²) in [5, 5.41) is 2.88. The summed E-state index contributed by atoms with van der Waals surface area (Å²) in [6.07, 6.45) is 17.3. The van der Waals surface area contributed by atoms with E-state index < -0.39 is 0 Å². The second-order valence-corrected chi connectivity index (χ2v) is 5.73. The molecule has 0 heterocycles. The molecule has 1 unspecified atom stereocenters. The minimum atomic E-state index is 0.551.